The number of H-pyrrole nitrogens is 1. The molecule has 0 aliphatic rings. The van der Waals surface area contributed by atoms with Crippen LogP contribution in [0.25, 0.3) is 10.9 Å². The fourth-order valence-corrected chi connectivity index (χ4v) is 2.38. The third-order valence-electron chi connectivity index (χ3n) is 3.63. The highest BCUT2D eigenvalue weighted by atomic mass is 16.5. The van der Waals surface area contributed by atoms with E-state index in [2.05, 4.69) is 15.6 Å². The third-order valence-corrected chi connectivity index (χ3v) is 3.63. The average Bonchev–Trinajstić information content (AvgIpc) is 3.09. The molecule has 0 radical (unpaired) electrons. The van der Waals surface area contributed by atoms with Crippen molar-refractivity contribution in [2.45, 2.75) is 6.54 Å². The van der Waals surface area contributed by atoms with Crippen LogP contribution in [0.1, 0.15) is 16.1 Å². The summed E-state index contributed by atoms with van der Waals surface area (Å²) >= 11 is 0. The summed E-state index contributed by atoms with van der Waals surface area (Å²) in [6.45, 7) is -0.262. The lowest BCUT2D eigenvalue weighted by Gasteiger charge is -2.07. The van der Waals surface area contributed by atoms with Crippen molar-refractivity contribution < 1.29 is 19.1 Å². The largest absolute Gasteiger partial charge is 0.451 e. The van der Waals surface area contributed by atoms with Crippen molar-refractivity contribution in [3.63, 3.8) is 0 Å². The lowest BCUT2D eigenvalue weighted by molar-refractivity contribution is -0.123. The zero-order valence-corrected chi connectivity index (χ0v) is 13.8. The lowest BCUT2D eigenvalue weighted by atomic mass is 10.2. The second-order valence-electron chi connectivity index (χ2n) is 5.56. The molecule has 0 bridgehead atoms. The van der Waals surface area contributed by atoms with Crippen LogP contribution < -0.4 is 10.6 Å². The molecule has 1 heterocycles. The Morgan fingerprint density at radius 3 is 2.46 bits per heavy atom. The zero-order chi connectivity index (χ0) is 18.4. The van der Waals surface area contributed by atoms with E-state index >= 15 is 0 Å². The summed E-state index contributed by atoms with van der Waals surface area (Å²) < 4.78 is 4.92. The number of fused-ring (bicyclic) bond motifs is 1. The van der Waals surface area contributed by atoms with Gasteiger partial charge in [0.1, 0.15) is 5.69 Å². The number of hydrogen-bond acceptors (Lipinski definition) is 4. The maximum atomic E-state index is 12.0. The molecule has 7 nitrogen and oxygen atoms in total. The van der Waals surface area contributed by atoms with Crippen molar-refractivity contribution in [2.24, 2.45) is 0 Å². The smallest absolute Gasteiger partial charge is 0.355 e. The van der Waals surface area contributed by atoms with Crippen LogP contribution in [0.2, 0.25) is 0 Å². The van der Waals surface area contributed by atoms with E-state index < -0.39 is 24.5 Å². The number of aromatic amines is 1. The Morgan fingerprint density at radius 2 is 1.69 bits per heavy atom. The number of aromatic nitrogens is 1. The number of benzene rings is 2. The number of urea groups is 1. The van der Waals surface area contributed by atoms with Gasteiger partial charge in [0.05, 0.1) is 0 Å². The number of rotatable bonds is 5. The Morgan fingerprint density at radius 1 is 0.962 bits per heavy atom. The summed E-state index contributed by atoms with van der Waals surface area (Å²) in [5.74, 6) is -1.37. The van der Waals surface area contributed by atoms with E-state index in [1.165, 1.54) is 0 Å². The summed E-state index contributed by atoms with van der Waals surface area (Å²) in [5, 5.41) is 5.52. The quantitative estimate of drug-likeness (QED) is 0.614. The van der Waals surface area contributed by atoms with E-state index in [4.69, 9.17) is 4.74 Å². The molecular formula is C19H17N3O4. The highest BCUT2D eigenvalue weighted by molar-refractivity contribution is 5.98. The fraction of sp³-hybridized carbons (Fsp3) is 0.105. The van der Waals surface area contributed by atoms with Crippen molar-refractivity contribution in [1.29, 1.82) is 0 Å². The highest BCUT2D eigenvalue weighted by Gasteiger charge is 2.14. The van der Waals surface area contributed by atoms with Gasteiger partial charge in [-0.05, 0) is 17.7 Å². The standard InChI is InChI=1S/C19H17N3O4/c23-17(22-19(25)20-11-13-6-2-1-3-7-13)12-26-18(24)16-10-14-8-4-5-9-15(14)21-16/h1-10,21H,11-12H2,(H2,20,22,23,25). The molecule has 0 saturated carbocycles. The van der Waals surface area contributed by atoms with Gasteiger partial charge >= 0.3 is 12.0 Å². The normalized spacial score (nSPS) is 10.3. The first-order valence-electron chi connectivity index (χ1n) is 7.98. The predicted octanol–water partition coefficient (Wildman–Crippen LogP) is 2.35. The molecule has 3 N–H and O–H groups in total. The predicted molar refractivity (Wildman–Crippen MR) is 95.4 cm³/mol. The first-order chi connectivity index (χ1) is 12.6. The monoisotopic (exact) mass is 351 g/mol. The number of para-hydroxylation sites is 1. The summed E-state index contributed by atoms with van der Waals surface area (Å²) in [5.41, 5.74) is 1.94. The van der Waals surface area contributed by atoms with Crippen LogP contribution in [0.3, 0.4) is 0 Å². The number of ether oxygens (including phenoxy) is 1. The van der Waals surface area contributed by atoms with Gasteiger partial charge in [-0.1, -0.05) is 48.5 Å². The minimum atomic E-state index is -0.708. The molecule has 7 heteroatoms. The molecule has 2 aromatic carbocycles. The minimum Gasteiger partial charge on any atom is -0.451 e. The van der Waals surface area contributed by atoms with Crippen LogP contribution in [-0.4, -0.2) is 29.5 Å². The van der Waals surface area contributed by atoms with E-state index in [9.17, 15) is 14.4 Å². The average molecular weight is 351 g/mol. The molecule has 0 unspecified atom stereocenters. The molecule has 3 amide bonds. The summed E-state index contributed by atoms with van der Waals surface area (Å²) in [6.07, 6.45) is 0. The molecule has 0 aliphatic heterocycles. The van der Waals surface area contributed by atoms with Crippen LogP contribution in [0.15, 0.2) is 60.7 Å². The van der Waals surface area contributed by atoms with Gasteiger partial charge in [0.2, 0.25) is 0 Å². The van der Waals surface area contributed by atoms with Crippen LogP contribution >= 0.6 is 0 Å². The SMILES string of the molecule is O=C(COC(=O)c1cc2ccccc2[nH]1)NC(=O)NCc1ccccc1. The summed E-state index contributed by atoms with van der Waals surface area (Å²) in [4.78, 5) is 38.3. The van der Waals surface area contributed by atoms with E-state index in [-0.39, 0.29) is 12.2 Å². The number of nitrogens with one attached hydrogen (secondary N) is 3. The molecule has 3 rings (SSSR count). The van der Waals surface area contributed by atoms with Gasteiger partial charge in [0, 0.05) is 17.4 Å². The van der Waals surface area contributed by atoms with Crippen molar-refractivity contribution in [2.75, 3.05) is 6.61 Å². The molecular weight excluding hydrogens is 334 g/mol. The zero-order valence-electron chi connectivity index (χ0n) is 13.8. The maximum Gasteiger partial charge on any atom is 0.355 e. The first-order valence-corrected chi connectivity index (χ1v) is 7.98. The molecule has 132 valence electrons. The third kappa shape index (κ3) is 4.47. The van der Waals surface area contributed by atoms with Crippen molar-refractivity contribution in [3.05, 3.63) is 71.9 Å². The Bertz CT molecular complexity index is 901. The number of carbonyl (C=O) groups excluding carboxylic acids is 3. The minimum absolute atomic E-state index is 0.243. The fourth-order valence-electron chi connectivity index (χ4n) is 2.38. The Hall–Kier alpha value is -3.61. The molecule has 0 aliphatic carbocycles. The van der Waals surface area contributed by atoms with Crippen molar-refractivity contribution in [3.8, 4) is 0 Å². The van der Waals surface area contributed by atoms with Crippen LogP contribution in [0.4, 0.5) is 4.79 Å². The van der Waals surface area contributed by atoms with Crippen molar-refractivity contribution in [1.82, 2.24) is 15.6 Å². The van der Waals surface area contributed by atoms with Gasteiger partial charge in [-0.25, -0.2) is 9.59 Å². The number of hydrogen-bond donors (Lipinski definition) is 3. The Labute approximate surface area is 149 Å². The van der Waals surface area contributed by atoms with Gasteiger partial charge < -0.3 is 15.0 Å². The van der Waals surface area contributed by atoms with Gasteiger partial charge in [0.25, 0.3) is 5.91 Å². The molecule has 0 saturated heterocycles. The first kappa shape index (κ1) is 17.2. The van der Waals surface area contributed by atoms with Gasteiger partial charge in [-0.2, -0.15) is 0 Å². The Balaban J connectivity index is 1.44. The summed E-state index contributed by atoms with van der Waals surface area (Å²) in [6, 6.07) is 17.6. The van der Waals surface area contributed by atoms with Gasteiger partial charge in [-0.3, -0.25) is 10.1 Å². The van der Waals surface area contributed by atoms with Crippen LogP contribution in [0.5, 0.6) is 0 Å². The van der Waals surface area contributed by atoms with E-state index in [0.717, 1.165) is 16.5 Å². The second-order valence-corrected chi connectivity index (χ2v) is 5.56. The van der Waals surface area contributed by atoms with Crippen molar-refractivity contribution >= 4 is 28.8 Å². The molecule has 1 aromatic heterocycles. The number of carbonyl (C=O) groups is 3. The summed E-state index contributed by atoms with van der Waals surface area (Å²) in [7, 11) is 0. The second kappa shape index (κ2) is 7.98. The molecule has 26 heavy (non-hydrogen) atoms. The van der Waals surface area contributed by atoms with E-state index in [1.807, 2.05) is 54.6 Å². The number of imide groups is 1. The topological polar surface area (TPSA) is 100 Å². The Kier molecular flexibility index (Phi) is 5.28. The number of amides is 3. The highest BCUT2D eigenvalue weighted by Crippen LogP contribution is 2.15. The van der Waals surface area contributed by atoms with Gasteiger partial charge in [-0.15, -0.1) is 0 Å². The molecule has 3 aromatic rings. The lowest BCUT2D eigenvalue weighted by Crippen LogP contribution is -2.41. The van der Waals surface area contributed by atoms with Gasteiger partial charge in [0.15, 0.2) is 6.61 Å². The molecule has 0 atom stereocenters. The van der Waals surface area contributed by atoms with Crippen LogP contribution in [-0.2, 0) is 16.1 Å². The van der Waals surface area contributed by atoms with E-state index in [1.54, 1.807) is 6.07 Å². The van der Waals surface area contributed by atoms with Crippen LogP contribution in [0, 0.1) is 0 Å². The molecule has 0 spiro atoms. The van der Waals surface area contributed by atoms with E-state index in [0.29, 0.717) is 0 Å². The maximum absolute atomic E-state index is 12.0. The number of esters is 1. The molecule has 0 fully saturated rings.